The Balaban J connectivity index is 4.41. The van der Waals surface area contributed by atoms with E-state index in [1.165, 1.54) is 109 Å². The van der Waals surface area contributed by atoms with Crippen molar-refractivity contribution in [3.63, 3.8) is 0 Å². The predicted molar refractivity (Wildman–Crippen MR) is 190 cm³/mol. The van der Waals surface area contributed by atoms with E-state index in [2.05, 4.69) is 13.8 Å². The van der Waals surface area contributed by atoms with Crippen LogP contribution in [0.3, 0.4) is 0 Å². The maximum absolute atomic E-state index is 12.6. The Bertz CT molecular complexity index is 789. The number of phosphoric acid groups is 1. The summed E-state index contributed by atoms with van der Waals surface area (Å²) in [7, 11) is 1.18. The minimum atomic E-state index is -4.61. The number of hydrogen-bond acceptors (Lipinski definition) is 8. The van der Waals surface area contributed by atoms with Crippen LogP contribution >= 0.6 is 7.82 Å². The Morgan fingerprint density at radius 3 is 1.36 bits per heavy atom. The largest absolute Gasteiger partial charge is 0.756 e. The summed E-state index contributed by atoms with van der Waals surface area (Å²) in [6, 6.07) is 0. The van der Waals surface area contributed by atoms with Gasteiger partial charge in [-0.05, 0) is 12.8 Å². The maximum atomic E-state index is 12.6. The molecule has 10 heteroatoms. The maximum Gasteiger partial charge on any atom is 0.306 e. The van der Waals surface area contributed by atoms with Crippen LogP contribution in [0.4, 0.5) is 0 Å². The fourth-order valence-corrected chi connectivity index (χ4v) is 6.03. The first-order valence-electron chi connectivity index (χ1n) is 19.2. The summed E-state index contributed by atoms with van der Waals surface area (Å²) in [5.41, 5.74) is 0. The fourth-order valence-electron chi connectivity index (χ4n) is 5.30. The number of nitrogens with zero attached hydrogens (tertiary/aromatic N) is 1. The van der Waals surface area contributed by atoms with Crippen LogP contribution in [-0.4, -0.2) is 70.0 Å². The molecule has 1 unspecified atom stereocenters. The van der Waals surface area contributed by atoms with Crippen molar-refractivity contribution in [3.8, 4) is 0 Å². The summed E-state index contributed by atoms with van der Waals surface area (Å²) in [4.78, 5) is 37.2. The fraction of sp³-hybridized carbons (Fsp3) is 0.946. The lowest BCUT2D eigenvalue weighted by molar-refractivity contribution is -0.870. The van der Waals surface area contributed by atoms with E-state index >= 15 is 0 Å². The van der Waals surface area contributed by atoms with Crippen LogP contribution in [0, 0.1) is 0 Å². The first-order valence-corrected chi connectivity index (χ1v) is 20.7. The molecule has 280 valence electrons. The van der Waals surface area contributed by atoms with Crippen LogP contribution < -0.4 is 4.89 Å². The molecule has 9 nitrogen and oxygen atoms in total. The predicted octanol–water partition coefficient (Wildman–Crippen LogP) is 9.44. The summed E-state index contributed by atoms with van der Waals surface area (Å²) < 4.78 is 33.7. The van der Waals surface area contributed by atoms with Crippen LogP contribution in [0.25, 0.3) is 0 Å². The smallest absolute Gasteiger partial charge is 0.306 e. The third-order valence-electron chi connectivity index (χ3n) is 8.38. The number of likely N-dealkylation sites (N-methyl/N-ethyl adjacent to an activating group) is 1. The van der Waals surface area contributed by atoms with Gasteiger partial charge in [0.25, 0.3) is 7.82 Å². The van der Waals surface area contributed by atoms with Crippen LogP contribution in [0.5, 0.6) is 0 Å². The second-order valence-corrected chi connectivity index (χ2v) is 15.7. The highest BCUT2D eigenvalue weighted by Gasteiger charge is 2.21. The average Bonchev–Trinajstić information content (AvgIpc) is 3.01. The molecule has 0 aliphatic carbocycles. The van der Waals surface area contributed by atoms with Gasteiger partial charge in [-0.1, -0.05) is 149 Å². The zero-order chi connectivity index (χ0) is 35.1. The molecule has 0 aromatic heterocycles. The van der Waals surface area contributed by atoms with Gasteiger partial charge in [-0.3, -0.25) is 14.2 Å². The molecule has 0 aromatic carbocycles. The van der Waals surface area contributed by atoms with E-state index in [1.54, 1.807) is 0 Å². The van der Waals surface area contributed by atoms with Gasteiger partial charge in [0.15, 0.2) is 6.10 Å². The highest BCUT2D eigenvalue weighted by atomic mass is 31.2. The molecule has 0 rings (SSSR count). The summed E-state index contributed by atoms with van der Waals surface area (Å²) in [5.74, 6) is -0.828. The number of unbranched alkanes of at least 4 members (excludes halogenated alkanes) is 21. The van der Waals surface area contributed by atoms with Gasteiger partial charge in [-0.25, -0.2) is 0 Å². The average molecular weight is 692 g/mol. The van der Waals surface area contributed by atoms with E-state index in [0.717, 1.165) is 32.1 Å². The van der Waals surface area contributed by atoms with Crippen LogP contribution in [0.2, 0.25) is 0 Å². The zero-order valence-electron chi connectivity index (χ0n) is 31.2. The van der Waals surface area contributed by atoms with Gasteiger partial charge in [-0.2, -0.15) is 0 Å². The van der Waals surface area contributed by atoms with Crippen molar-refractivity contribution in [2.24, 2.45) is 0 Å². The molecule has 0 aliphatic heterocycles. The number of carbonyl (C=O) groups excluding carboxylic acids is 2. The van der Waals surface area contributed by atoms with Crippen molar-refractivity contribution in [3.05, 3.63) is 0 Å². The lowest BCUT2D eigenvalue weighted by Gasteiger charge is -2.28. The lowest BCUT2D eigenvalue weighted by atomic mass is 10.0. The molecule has 47 heavy (non-hydrogen) atoms. The number of quaternary nitrogens is 1. The Kier molecular flexibility index (Phi) is 30.4. The summed E-state index contributed by atoms with van der Waals surface area (Å²) in [5, 5.41) is 0. The number of hydrogen-bond donors (Lipinski definition) is 0. The van der Waals surface area contributed by atoms with Crippen molar-refractivity contribution in [1.82, 2.24) is 0 Å². The second kappa shape index (κ2) is 31.0. The van der Waals surface area contributed by atoms with E-state index in [0.29, 0.717) is 17.4 Å². The highest BCUT2D eigenvalue weighted by Crippen LogP contribution is 2.38. The molecular weight excluding hydrogens is 617 g/mol. The normalized spacial score (nSPS) is 13.7. The van der Waals surface area contributed by atoms with E-state index in [1.807, 2.05) is 21.1 Å². The Morgan fingerprint density at radius 2 is 0.957 bits per heavy atom. The molecule has 0 N–H and O–H groups in total. The summed E-state index contributed by atoms with van der Waals surface area (Å²) in [6.45, 7) is 4.21. The van der Waals surface area contributed by atoms with Crippen molar-refractivity contribution >= 4 is 19.8 Å². The molecule has 0 saturated carbocycles. The number of ether oxygens (including phenoxy) is 2. The van der Waals surface area contributed by atoms with Gasteiger partial charge in [0.2, 0.25) is 0 Å². The van der Waals surface area contributed by atoms with Crippen LogP contribution in [0.15, 0.2) is 0 Å². The van der Waals surface area contributed by atoms with Crippen LogP contribution in [0.1, 0.15) is 174 Å². The molecular formula is C37H74NO8P. The molecule has 0 amide bonds. The number of phosphoric ester groups is 1. The van der Waals surface area contributed by atoms with Crippen molar-refractivity contribution < 1.29 is 42.1 Å². The monoisotopic (exact) mass is 692 g/mol. The Morgan fingerprint density at radius 1 is 0.574 bits per heavy atom. The molecule has 0 saturated heterocycles. The number of carbonyl (C=O) groups is 2. The SMILES string of the molecule is CCCCCCCCCCCCCCCC(=O)O[C@H](COC(=O)CCCCCCCCCCCC)COP(=O)([O-])OCC[N+](C)(C)C. The van der Waals surface area contributed by atoms with E-state index in [4.69, 9.17) is 18.5 Å². The van der Waals surface area contributed by atoms with Gasteiger partial charge < -0.3 is 27.9 Å². The minimum absolute atomic E-state index is 0.0262. The third kappa shape index (κ3) is 34.7. The molecule has 0 radical (unpaired) electrons. The zero-order valence-corrected chi connectivity index (χ0v) is 32.1. The van der Waals surface area contributed by atoms with E-state index in [9.17, 15) is 19.0 Å². The van der Waals surface area contributed by atoms with Crippen molar-refractivity contribution in [1.29, 1.82) is 0 Å². The van der Waals surface area contributed by atoms with Gasteiger partial charge in [-0.15, -0.1) is 0 Å². The summed E-state index contributed by atoms with van der Waals surface area (Å²) in [6.07, 6.45) is 27.0. The molecule has 0 heterocycles. The van der Waals surface area contributed by atoms with Crippen molar-refractivity contribution in [2.75, 3.05) is 47.5 Å². The topological polar surface area (TPSA) is 111 Å². The first kappa shape index (κ1) is 46.0. The highest BCUT2D eigenvalue weighted by molar-refractivity contribution is 7.45. The van der Waals surface area contributed by atoms with Gasteiger partial charge >= 0.3 is 11.9 Å². The molecule has 0 spiro atoms. The number of rotatable bonds is 35. The molecule has 2 atom stereocenters. The minimum Gasteiger partial charge on any atom is -0.756 e. The summed E-state index contributed by atoms with van der Waals surface area (Å²) >= 11 is 0. The molecule has 0 bridgehead atoms. The van der Waals surface area contributed by atoms with Gasteiger partial charge in [0, 0.05) is 12.8 Å². The standard InChI is InChI=1S/C37H74NO8P/c1-6-8-10-12-14-16-18-19-20-22-24-26-28-30-37(40)46-35(34-45-47(41,42)44-32-31-38(3,4)5)33-43-36(39)29-27-25-23-21-17-15-13-11-9-7-2/h35H,6-34H2,1-5H3/t35-/m1/s1. The molecule has 0 aromatic rings. The quantitative estimate of drug-likeness (QED) is 0.0280. The van der Waals surface area contributed by atoms with Gasteiger partial charge in [0.1, 0.15) is 19.8 Å². The number of esters is 2. The lowest BCUT2D eigenvalue weighted by Crippen LogP contribution is -2.37. The van der Waals surface area contributed by atoms with Crippen LogP contribution in [-0.2, 0) is 32.7 Å². The Labute approximate surface area is 289 Å². The molecule has 0 aliphatic rings. The third-order valence-corrected chi connectivity index (χ3v) is 9.34. The molecule has 0 fully saturated rings. The second-order valence-electron chi connectivity index (χ2n) is 14.3. The van der Waals surface area contributed by atoms with E-state index in [-0.39, 0.29) is 32.0 Å². The Hall–Kier alpha value is -0.990. The van der Waals surface area contributed by atoms with Gasteiger partial charge in [0.05, 0.1) is 27.7 Å². The first-order chi connectivity index (χ1) is 22.5. The van der Waals surface area contributed by atoms with E-state index < -0.39 is 26.5 Å². The van der Waals surface area contributed by atoms with Crippen molar-refractivity contribution in [2.45, 2.75) is 180 Å².